The lowest BCUT2D eigenvalue weighted by atomic mass is 10.0. The van der Waals surface area contributed by atoms with E-state index in [0.717, 1.165) is 5.52 Å². The van der Waals surface area contributed by atoms with E-state index < -0.39 is 0 Å². The lowest BCUT2D eigenvalue weighted by Gasteiger charge is -2.12. The number of aromatic amines is 1. The maximum atomic E-state index is 13.1. The molecule has 0 saturated carbocycles. The molecule has 0 bridgehead atoms. The van der Waals surface area contributed by atoms with Crippen molar-refractivity contribution in [3.05, 3.63) is 79.0 Å². The highest BCUT2D eigenvalue weighted by molar-refractivity contribution is 6.42. The van der Waals surface area contributed by atoms with Gasteiger partial charge >= 0.3 is 0 Å². The molecular formula is C21H12Cl2N2O2. The number of nitrogens with zero attached hydrogens (tertiary/aromatic N) is 1. The number of aromatic nitrogens is 2. The van der Waals surface area contributed by atoms with E-state index >= 15 is 0 Å². The number of nitrogens with one attached hydrogen (secondary N) is 1. The normalized spacial score (nSPS) is 11.8. The van der Waals surface area contributed by atoms with Crippen molar-refractivity contribution in [2.45, 2.75) is 0 Å². The van der Waals surface area contributed by atoms with E-state index in [1.54, 1.807) is 30.3 Å². The number of para-hydroxylation sites is 1. The Morgan fingerprint density at radius 2 is 1.37 bits per heavy atom. The van der Waals surface area contributed by atoms with Crippen LogP contribution in [0.2, 0.25) is 10.0 Å². The maximum absolute atomic E-state index is 13.1. The van der Waals surface area contributed by atoms with Gasteiger partial charge in [0.1, 0.15) is 0 Å². The number of H-pyrrole nitrogens is 1. The maximum Gasteiger partial charge on any atom is 0.197 e. The number of rotatable bonds is 0. The van der Waals surface area contributed by atoms with Crippen LogP contribution in [0.4, 0.5) is 0 Å². The molecule has 4 nitrogen and oxygen atoms in total. The molecule has 0 radical (unpaired) electrons. The van der Waals surface area contributed by atoms with Gasteiger partial charge in [-0.05, 0) is 36.4 Å². The molecule has 132 valence electrons. The number of pyridine rings is 2. The average Bonchev–Trinajstić information content (AvgIpc) is 2.67. The lowest BCUT2D eigenvalue weighted by Crippen LogP contribution is -2.11. The molecule has 0 amide bonds. The first kappa shape index (κ1) is 16.4. The van der Waals surface area contributed by atoms with Crippen molar-refractivity contribution in [2.24, 2.45) is 7.05 Å². The Bertz CT molecular complexity index is 1550. The molecule has 0 aliphatic rings. The van der Waals surface area contributed by atoms with Crippen LogP contribution in [0, 0.1) is 0 Å². The summed E-state index contributed by atoms with van der Waals surface area (Å²) in [6.45, 7) is 0. The smallest absolute Gasteiger partial charge is 0.197 e. The van der Waals surface area contributed by atoms with Crippen LogP contribution in [0.1, 0.15) is 0 Å². The fourth-order valence-corrected chi connectivity index (χ4v) is 4.01. The summed E-state index contributed by atoms with van der Waals surface area (Å²) in [6.07, 6.45) is 0. The molecule has 27 heavy (non-hydrogen) atoms. The quantitative estimate of drug-likeness (QED) is 0.376. The van der Waals surface area contributed by atoms with Crippen LogP contribution in [0.15, 0.2) is 58.1 Å². The summed E-state index contributed by atoms with van der Waals surface area (Å²) >= 11 is 12.3. The number of hydrogen-bond acceptors (Lipinski definition) is 2. The number of benzene rings is 3. The van der Waals surface area contributed by atoms with Gasteiger partial charge in [-0.15, -0.1) is 0 Å². The van der Waals surface area contributed by atoms with E-state index in [4.69, 9.17) is 23.2 Å². The van der Waals surface area contributed by atoms with Crippen molar-refractivity contribution >= 4 is 66.8 Å². The van der Waals surface area contributed by atoms with Crippen LogP contribution in [-0.4, -0.2) is 9.55 Å². The molecule has 2 heterocycles. The summed E-state index contributed by atoms with van der Waals surface area (Å²) in [7, 11) is 1.84. The van der Waals surface area contributed by atoms with E-state index in [0.29, 0.717) is 48.1 Å². The van der Waals surface area contributed by atoms with Crippen molar-refractivity contribution in [1.82, 2.24) is 9.55 Å². The molecule has 2 aromatic heterocycles. The Hall–Kier alpha value is -2.82. The Morgan fingerprint density at radius 3 is 2.19 bits per heavy atom. The highest BCUT2D eigenvalue weighted by atomic mass is 35.5. The first-order valence-corrected chi connectivity index (χ1v) is 9.07. The standard InChI is InChI=1S/C21H12Cl2N2O2/c1-25-18-8-11-17(24-16-5-3-2-4-10(16)20(11)26)7-13(18)21(27)12-6-14(22)15(23)9-19(12)25/h2-9H,1H3,(H,24,26). The third-order valence-electron chi connectivity index (χ3n) is 5.07. The molecule has 0 saturated heterocycles. The second-order valence-corrected chi connectivity index (χ2v) is 7.40. The second-order valence-electron chi connectivity index (χ2n) is 6.59. The molecule has 0 aliphatic carbocycles. The number of hydrogen-bond donors (Lipinski definition) is 1. The third kappa shape index (κ3) is 2.24. The Morgan fingerprint density at radius 1 is 0.741 bits per heavy atom. The topological polar surface area (TPSA) is 54.9 Å². The molecule has 6 heteroatoms. The van der Waals surface area contributed by atoms with E-state index in [-0.39, 0.29) is 10.9 Å². The Kier molecular flexibility index (Phi) is 3.39. The summed E-state index contributed by atoms with van der Waals surface area (Å²) in [4.78, 5) is 29.3. The SMILES string of the molecule is Cn1c2cc(Cl)c(Cl)cc2c(=O)c2cc3[nH]c4ccccc4c(=O)c3cc21. The molecule has 0 unspecified atom stereocenters. The molecule has 0 aliphatic heterocycles. The fourth-order valence-electron chi connectivity index (χ4n) is 3.69. The minimum Gasteiger partial charge on any atom is -0.354 e. The van der Waals surface area contributed by atoms with Gasteiger partial charge in [0.2, 0.25) is 0 Å². The van der Waals surface area contributed by atoms with Gasteiger partial charge in [0.15, 0.2) is 10.9 Å². The van der Waals surface area contributed by atoms with Crippen LogP contribution in [0.5, 0.6) is 0 Å². The van der Waals surface area contributed by atoms with Crippen LogP contribution in [-0.2, 0) is 7.05 Å². The highest BCUT2D eigenvalue weighted by Crippen LogP contribution is 2.29. The molecule has 3 aromatic carbocycles. The third-order valence-corrected chi connectivity index (χ3v) is 5.79. The van der Waals surface area contributed by atoms with Crippen LogP contribution in [0.3, 0.4) is 0 Å². The van der Waals surface area contributed by atoms with Gasteiger partial charge in [0.05, 0.1) is 26.6 Å². The lowest BCUT2D eigenvalue weighted by molar-refractivity contribution is 1.00. The molecular weight excluding hydrogens is 383 g/mol. The second kappa shape index (κ2) is 5.59. The predicted molar refractivity (Wildman–Crippen MR) is 112 cm³/mol. The van der Waals surface area contributed by atoms with Crippen molar-refractivity contribution in [1.29, 1.82) is 0 Å². The fraction of sp³-hybridized carbons (Fsp3) is 0.0476. The van der Waals surface area contributed by atoms with Gasteiger partial charge in [-0.25, -0.2) is 0 Å². The molecule has 5 aromatic rings. The number of fused-ring (bicyclic) bond motifs is 4. The monoisotopic (exact) mass is 394 g/mol. The Labute approximate surface area is 162 Å². The van der Waals surface area contributed by atoms with Crippen molar-refractivity contribution in [2.75, 3.05) is 0 Å². The van der Waals surface area contributed by atoms with E-state index in [1.807, 2.05) is 29.8 Å². The minimum absolute atomic E-state index is 0.0667. The van der Waals surface area contributed by atoms with E-state index in [9.17, 15) is 9.59 Å². The Balaban J connectivity index is 2.05. The molecule has 0 atom stereocenters. The van der Waals surface area contributed by atoms with Gasteiger partial charge in [-0.3, -0.25) is 9.59 Å². The molecule has 5 rings (SSSR count). The summed E-state index contributed by atoms with van der Waals surface area (Å²) in [6, 6.07) is 14.1. The largest absolute Gasteiger partial charge is 0.354 e. The molecule has 0 fully saturated rings. The summed E-state index contributed by atoms with van der Waals surface area (Å²) in [5.74, 6) is 0. The van der Waals surface area contributed by atoms with Crippen LogP contribution >= 0.6 is 23.2 Å². The molecule has 1 N–H and O–H groups in total. The van der Waals surface area contributed by atoms with Gasteiger partial charge in [-0.2, -0.15) is 0 Å². The minimum atomic E-state index is -0.146. The van der Waals surface area contributed by atoms with Gasteiger partial charge in [-0.1, -0.05) is 35.3 Å². The van der Waals surface area contributed by atoms with Crippen molar-refractivity contribution in [3.63, 3.8) is 0 Å². The van der Waals surface area contributed by atoms with Crippen molar-refractivity contribution in [3.8, 4) is 0 Å². The summed E-state index contributed by atoms with van der Waals surface area (Å²) < 4.78 is 1.86. The van der Waals surface area contributed by atoms with Crippen LogP contribution < -0.4 is 10.9 Å². The summed E-state index contributed by atoms with van der Waals surface area (Å²) in [5, 5.41) is 2.87. The van der Waals surface area contributed by atoms with E-state index in [1.165, 1.54) is 0 Å². The first-order valence-electron chi connectivity index (χ1n) is 8.32. The number of halogens is 2. The van der Waals surface area contributed by atoms with Crippen LogP contribution in [0.25, 0.3) is 43.6 Å². The molecule has 0 spiro atoms. The number of aryl methyl sites for hydroxylation is 1. The van der Waals surface area contributed by atoms with E-state index in [2.05, 4.69) is 4.98 Å². The van der Waals surface area contributed by atoms with Gasteiger partial charge in [0.25, 0.3) is 0 Å². The van der Waals surface area contributed by atoms with Gasteiger partial charge in [0, 0.05) is 34.1 Å². The average molecular weight is 395 g/mol. The first-order chi connectivity index (χ1) is 13.0. The highest BCUT2D eigenvalue weighted by Gasteiger charge is 2.14. The predicted octanol–water partition coefficient (Wildman–Crippen LogP) is 4.99. The zero-order chi connectivity index (χ0) is 18.9. The zero-order valence-electron chi connectivity index (χ0n) is 14.1. The van der Waals surface area contributed by atoms with Gasteiger partial charge < -0.3 is 9.55 Å². The summed E-state index contributed by atoms with van der Waals surface area (Å²) in [5.41, 5.74) is 2.48. The van der Waals surface area contributed by atoms with Crippen molar-refractivity contribution < 1.29 is 0 Å². The zero-order valence-corrected chi connectivity index (χ0v) is 15.7.